The molecule has 0 unspecified atom stereocenters. The number of fused-ring (bicyclic) bond motifs is 1. The number of H-pyrrole nitrogens is 1. The molecule has 4 rings (SSSR count). The van der Waals surface area contributed by atoms with Crippen molar-refractivity contribution in [2.45, 2.75) is 12.8 Å². The molecule has 1 fully saturated rings. The van der Waals surface area contributed by atoms with Crippen LogP contribution in [-0.4, -0.2) is 19.9 Å². The normalized spacial score (nSPS) is 14.7. The molecule has 112 valence electrons. The summed E-state index contributed by atoms with van der Waals surface area (Å²) >= 11 is 0. The Morgan fingerprint density at radius 2 is 2.17 bits per heavy atom. The van der Waals surface area contributed by atoms with E-state index in [0.29, 0.717) is 28.8 Å². The van der Waals surface area contributed by atoms with Gasteiger partial charge in [-0.1, -0.05) is 6.08 Å². The molecule has 6 nitrogen and oxygen atoms in total. The Balaban J connectivity index is 1.59. The van der Waals surface area contributed by atoms with Crippen molar-refractivity contribution in [3.05, 3.63) is 48.7 Å². The predicted octanol–water partition coefficient (Wildman–Crippen LogP) is 3.46. The smallest absolute Gasteiger partial charge is 0.231 e. The Hall–Kier alpha value is -3.20. The zero-order chi connectivity index (χ0) is 15.6. The molecule has 0 aliphatic heterocycles. The molecule has 3 aromatic rings. The highest BCUT2D eigenvalue weighted by Gasteiger charge is 2.20. The number of nitrogens with one attached hydrogen (secondary N) is 1. The summed E-state index contributed by atoms with van der Waals surface area (Å²) in [6.45, 7) is 0. The number of aromatic nitrogens is 4. The maximum absolute atomic E-state index is 9.25. The van der Waals surface area contributed by atoms with Gasteiger partial charge in [0.15, 0.2) is 0 Å². The quantitative estimate of drug-likeness (QED) is 0.746. The standard InChI is InChI=1S/C17H13N5O/c18-8-12(7-11-1-2-11)15-4-3-13(9-20-15)23-17-14-5-6-19-16(14)21-10-22-17/h3-7,9-11H,1-2H2,(H,19,21,22). The van der Waals surface area contributed by atoms with Crippen LogP contribution in [0.15, 0.2) is 43.0 Å². The predicted molar refractivity (Wildman–Crippen MR) is 84.5 cm³/mol. The number of nitrogens with zero attached hydrogens (tertiary/aromatic N) is 4. The maximum atomic E-state index is 9.25. The van der Waals surface area contributed by atoms with Crippen LogP contribution in [0.3, 0.4) is 0 Å². The molecule has 0 bridgehead atoms. The number of hydrogen-bond acceptors (Lipinski definition) is 5. The van der Waals surface area contributed by atoms with Crippen molar-refractivity contribution in [3.8, 4) is 17.7 Å². The van der Waals surface area contributed by atoms with E-state index in [-0.39, 0.29) is 0 Å². The zero-order valence-electron chi connectivity index (χ0n) is 12.2. The van der Waals surface area contributed by atoms with Crippen LogP contribution in [0.2, 0.25) is 0 Å². The van der Waals surface area contributed by atoms with E-state index in [0.717, 1.165) is 23.9 Å². The second-order valence-corrected chi connectivity index (χ2v) is 5.43. The van der Waals surface area contributed by atoms with Gasteiger partial charge < -0.3 is 9.72 Å². The van der Waals surface area contributed by atoms with E-state index in [1.54, 1.807) is 24.5 Å². The highest BCUT2D eigenvalue weighted by molar-refractivity contribution is 5.80. The molecule has 3 aromatic heterocycles. The number of pyridine rings is 1. The molecule has 6 heteroatoms. The third kappa shape index (κ3) is 2.77. The van der Waals surface area contributed by atoms with E-state index in [1.807, 2.05) is 12.1 Å². The van der Waals surface area contributed by atoms with Crippen molar-refractivity contribution >= 4 is 16.6 Å². The Bertz CT molecular complexity index is 916. The molecular weight excluding hydrogens is 290 g/mol. The number of rotatable bonds is 4. The van der Waals surface area contributed by atoms with Gasteiger partial charge in [0.2, 0.25) is 5.88 Å². The molecule has 23 heavy (non-hydrogen) atoms. The summed E-state index contributed by atoms with van der Waals surface area (Å²) in [6, 6.07) is 7.66. The topological polar surface area (TPSA) is 87.5 Å². The zero-order valence-corrected chi connectivity index (χ0v) is 12.2. The lowest BCUT2D eigenvalue weighted by atomic mass is 10.1. The Kier molecular flexibility index (Phi) is 3.24. The third-order valence-electron chi connectivity index (χ3n) is 3.69. The third-order valence-corrected chi connectivity index (χ3v) is 3.69. The Morgan fingerprint density at radius 3 is 2.91 bits per heavy atom. The van der Waals surface area contributed by atoms with Crippen LogP contribution in [-0.2, 0) is 0 Å². The highest BCUT2D eigenvalue weighted by Crippen LogP contribution is 2.33. The lowest BCUT2D eigenvalue weighted by Gasteiger charge is -2.06. The largest absolute Gasteiger partial charge is 0.437 e. The first-order valence-electron chi connectivity index (χ1n) is 7.38. The SMILES string of the molecule is N#CC(=CC1CC1)c1ccc(Oc2ncnc3[nH]ccc23)cn1. The van der Waals surface area contributed by atoms with Crippen molar-refractivity contribution in [2.24, 2.45) is 5.92 Å². The summed E-state index contributed by atoms with van der Waals surface area (Å²) in [6.07, 6.45) is 9.15. The van der Waals surface area contributed by atoms with Gasteiger partial charge in [0, 0.05) is 6.20 Å². The van der Waals surface area contributed by atoms with Gasteiger partial charge in [0.1, 0.15) is 23.8 Å². The van der Waals surface area contributed by atoms with Crippen LogP contribution in [0.25, 0.3) is 16.6 Å². The van der Waals surface area contributed by atoms with Gasteiger partial charge in [-0.25, -0.2) is 9.97 Å². The second-order valence-electron chi connectivity index (χ2n) is 5.43. The van der Waals surface area contributed by atoms with E-state index >= 15 is 0 Å². The second kappa shape index (κ2) is 5.54. The number of nitriles is 1. The average Bonchev–Trinajstić information content (AvgIpc) is 3.27. The molecule has 0 radical (unpaired) electrons. The number of aromatic amines is 1. The van der Waals surface area contributed by atoms with Crippen molar-refractivity contribution in [3.63, 3.8) is 0 Å². The van der Waals surface area contributed by atoms with Crippen LogP contribution in [0.5, 0.6) is 11.6 Å². The van der Waals surface area contributed by atoms with Crippen molar-refractivity contribution in [1.82, 2.24) is 19.9 Å². The van der Waals surface area contributed by atoms with Gasteiger partial charge in [0.25, 0.3) is 0 Å². The van der Waals surface area contributed by atoms with Crippen LogP contribution >= 0.6 is 0 Å². The first kappa shape index (κ1) is 13.5. The van der Waals surface area contributed by atoms with Gasteiger partial charge >= 0.3 is 0 Å². The minimum atomic E-state index is 0.472. The average molecular weight is 303 g/mol. The van der Waals surface area contributed by atoms with Crippen molar-refractivity contribution < 1.29 is 4.74 Å². The van der Waals surface area contributed by atoms with E-state index in [2.05, 4.69) is 26.0 Å². The first-order valence-corrected chi connectivity index (χ1v) is 7.38. The molecule has 0 spiro atoms. The minimum Gasteiger partial charge on any atom is -0.437 e. The highest BCUT2D eigenvalue weighted by atomic mass is 16.5. The van der Waals surface area contributed by atoms with E-state index < -0.39 is 0 Å². The molecule has 0 saturated heterocycles. The van der Waals surface area contributed by atoms with Crippen molar-refractivity contribution in [1.29, 1.82) is 5.26 Å². The van der Waals surface area contributed by atoms with Gasteiger partial charge in [-0.3, -0.25) is 4.98 Å². The fraction of sp³-hybridized carbons (Fsp3) is 0.176. The summed E-state index contributed by atoms with van der Waals surface area (Å²) < 4.78 is 5.78. The van der Waals surface area contributed by atoms with Gasteiger partial charge in [0.05, 0.1) is 22.9 Å². The van der Waals surface area contributed by atoms with Gasteiger partial charge in [-0.05, 0) is 37.0 Å². The lowest BCUT2D eigenvalue weighted by molar-refractivity contribution is 0.466. The first-order chi connectivity index (χ1) is 11.3. The van der Waals surface area contributed by atoms with Gasteiger partial charge in [-0.15, -0.1) is 0 Å². The number of ether oxygens (including phenoxy) is 1. The molecule has 0 aromatic carbocycles. The Morgan fingerprint density at radius 1 is 1.26 bits per heavy atom. The maximum Gasteiger partial charge on any atom is 0.231 e. The van der Waals surface area contributed by atoms with Gasteiger partial charge in [-0.2, -0.15) is 5.26 Å². The summed E-state index contributed by atoms with van der Waals surface area (Å²) in [4.78, 5) is 15.6. The summed E-state index contributed by atoms with van der Waals surface area (Å²) in [5.41, 5.74) is 2.01. The summed E-state index contributed by atoms with van der Waals surface area (Å²) in [5.74, 6) is 1.57. The molecule has 1 aliphatic rings. The summed E-state index contributed by atoms with van der Waals surface area (Å²) in [7, 11) is 0. The molecule has 3 heterocycles. The van der Waals surface area contributed by atoms with Crippen LogP contribution in [0, 0.1) is 17.2 Å². The Labute approximate surface area is 132 Å². The monoisotopic (exact) mass is 303 g/mol. The van der Waals surface area contributed by atoms with Crippen LogP contribution < -0.4 is 4.74 Å². The van der Waals surface area contributed by atoms with E-state index in [1.165, 1.54) is 6.33 Å². The van der Waals surface area contributed by atoms with E-state index in [9.17, 15) is 5.26 Å². The fourth-order valence-corrected chi connectivity index (χ4v) is 2.32. The summed E-state index contributed by atoms with van der Waals surface area (Å²) in [5, 5.41) is 10.1. The molecule has 0 amide bonds. The molecular formula is C17H13N5O. The van der Waals surface area contributed by atoms with Crippen molar-refractivity contribution in [2.75, 3.05) is 0 Å². The van der Waals surface area contributed by atoms with Crippen LogP contribution in [0.1, 0.15) is 18.5 Å². The molecule has 1 N–H and O–H groups in total. The molecule has 1 aliphatic carbocycles. The fourth-order valence-electron chi connectivity index (χ4n) is 2.32. The molecule has 1 saturated carbocycles. The minimum absolute atomic E-state index is 0.472. The van der Waals surface area contributed by atoms with E-state index in [4.69, 9.17) is 4.74 Å². The molecule has 0 atom stereocenters. The number of hydrogen-bond donors (Lipinski definition) is 1. The number of allylic oxidation sites excluding steroid dienone is 2. The lowest BCUT2D eigenvalue weighted by Crippen LogP contribution is -1.93. The van der Waals surface area contributed by atoms with Crippen LogP contribution in [0.4, 0.5) is 0 Å².